The number of nitrogens with zero attached hydrogens (tertiary/aromatic N) is 2. The van der Waals surface area contributed by atoms with Gasteiger partial charge in [-0.05, 0) is 62.2 Å². The van der Waals surface area contributed by atoms with Gasteiger partial charge in [0, 0.05) is 50.9 Å². The molecule has 16 nitrogen and oxygen atoms in total. The number of esters is 1. The summed E-state index contributed by atoms with van der Waals surface area (Å²) in [6, 6.07) is 29.1. The second kappa shape index (κ2) is 24.2. The number of benzene rings is 4. The standard InChI is InChI=1S/C51H62N4O12Si/c1-34(56)55(67-51(2,3)4)45(24-25-63-46-31-41(37-19-13-10-14-20-37)52-42-30-38(62-5)22-23-40(42)46)47(57)53-44(48(58)59)33-65-39-21-15-18-36(28-39)29-43(49(60)64-26-27-68(6,7)8)54-50(61)66-32-35-16-11-9-12-17-35/h9-23,28,30-31,43-45H,24-27,29,32-33H2,1-8H3,(H,53,57)(H,54,61)(H,58,59)/t43-,44-,45-/m0/s1. The summed E-state index contributed by atoms with van der Waals surface area (Å²) < 4.78 is 28.7. The van der Waals surface area contributed by atoms with Gasteiger partial charge in [0.2, 0.25) is 11.8 Å². The van der Waals surface area contributed by atoms with E-state index >= 15 is 0 Å². The zero-order valence-electron chi connectivity index (χ0n) is 39.9. The second-order valence-corrected chi connectivity index (χ2v) is 23.9. The summed E-state index contributed by atoms with van der Waals surface area (Å²) in [6.45, 7) is 12.4. The number of fused-ring (bicyclic) bond motifs is 1. The van der Waals surface area contributed by atoms with E-state index in [-0.39, 0.29) is 38.4 Å². The first-order valence-corrected chi connectivity index (χ1v) is 26.0. The second-order valence-electron chi connectivity index (χ2n) is 18.3. The van der Waals surface area contributed by atoms with Crippen LogP contribution in [0.3, 0.4) is 0 Å². The van der Waals surface area contributed by atoms with E-state index < -0.39 is 68.3 Å². The van der Waals surface area contributed by atoms with Gasteiger partial charge >= 0.3 is 18.0 Å². The molecule has 362 valence electrons. The van der Waals surface area contributed by atoms with Gasteiger partial charge in [-0.15, -0.1) is 0 Å². The van der Waals surface area contributed by atoms with Gasteiger partial charge in [-0.3, -0.25) is 14.4 Å². The van der Waals surface area contributed by atoms with E-state index in [1.807, 2.05) is 66.7 Å². The van der Waals surface area contributed by atoms with Gasteiger partial charge in [0.1, 0.15) is 42.5 Å². The first-order valence-electron chi connectivity index (χ1n) is 22.3. The van der Waals surface area contributed by atoms with Gasteiger partial charge in [0.05, 0.1) is 37.1 Å². The average Bonchev–Trinajstić information content (AvgIpc) is 3.29. The molecule has 0 unspecified atom stereocenters. The fourth-order valence-electron chi connectivity index (χ4n) is 6.74. The van der Waals surface area contributed by atoms with Crippen molar-refractivity contribution < 1.29 is 57.6 Å². The van der Waals surface area contributed by atoms with Gasteiger partial charge in [-0.1, -0.05) is 92.4 Å². The maximum atomic E-state index is 14.2. The van der Waals surface area contributed by atoms with E-state index in [0.717, 1.165) is 22.2 Å². The van der Waals surface area contributed by atoms with Crippen LogP contribution in [-0.2, 0) is 46.5 Å². The number of aromatic nitrogens is 1. The van der Waals surface area contributed by atoms with E-state index in [0.29, 0.717) is 33.7 Å². The van der Waals surface area contributed by atoms with Crippen LogP contribution >= 0.6 is 0 Å². The highest BCUT2D eigenvalue weighted by Crippen LogP contribution is 2.32. The molecule has 0 bridgehead atoms. The Labute approximate surface area is 398 Å². The third-order valence-corrected chi connectivity index (χ3v) is 11.9. The van der Waals surface area contributed by atoms with E-state index in [9.17, 15) is 29.1 Å². The molecule has 3 atom stereocenters. The number of nitrogens with one attached hydrogen (secondary N) is 2. The molecule has 68 heavy (non-hydrogen) atoms. The molecule has 0 saturated heterocycles. The molecule has 0 radical (unpaired) electrons. The number of hydroxylamine groups is 2. The maximum Gasteiger partial charge on any atom is 0.408 e. The lowest BCUT2D eigenvalue weighted by atomic mass is 10.1. The highest BCUT2D eigenvalue weighted by Gasteiger charge is 2.35. The zero-order chi connectivity index (χ0) is 49.4. The lowest BCUT2D eigenvalue weighted by Gasteiger charge is -2.34. The fraction of sp³-hybridized carbons (Fsp3) is 0.373. The third-order valence-electron chi connectivity index (χ3n) is 10.2. The number of carboxylic acids is 1. The number of alkyl carbamates (subject to hydrolysis) is 1. The van der Waals surface area contributed by atoms with Crippen molar-refractivity contribution in [2.45, 2.75) is 96.6 Å². The number of pyridine rings is 1. The lowest BCUT2D eigenvalue weighted by molar-refractivity contribution is -0.240. The Balaban J connectivity index is 1.30. The minimum Gasteiger partial charge on any atom is -0.497 e. The number of amides is 3. The summed E-state index contributed by atoms with van der Waals surface area (Å²) >= 11 is 0. The Kier molecular flexibility index (Phi) is 18.5. The average molecular weight is 951 g/mol. The number of methoxy groups -OCH3 is 1. The first-order chi connectivity index (χ1) is 32.3. The van der Waals surface area contributed by atoms with E-state index in [2.05, 4.69) is 30.3 Å². The molecule has 1 aromatic heterocycles. The summed E-state index contributed by atoms with van der Waals surface area (Å²) in [5, 5.41) is 17.1. The lowest BCUT2D eigenvalue weighted by Crippen LogP contribution is -2.56. The van der Waals surface area contributed by atoms with Gasteiger partial charge in [-0.2, -0.15) is 0 Å². The van der Waals surface area contributed by atoms with Crippen LogP contribution in [0, 0.1) is 0 Å². The van der Waals surface area contributed by atoms with Crippen molar-refractivity contribution >= 4 is 48.8 Å². The minimum atomic E-state index is -1.58. The molecule has 0 spiro atoms. The molecule has 5 aromatic rings. The molecule has 3 amide bonds. The molecule has 5 rings (SSSR count). The molecule has 4 aromatic carbocycles. The predicted molar refractivity (Wildman–Crippen MR) is 259 cm³/mol. The quantitative estimate of drug-likeness (QED) is 0.0324. The molecular formula is C51H62N4O12Si. The monoisotopic (exact) mass is 950 g/mol. The topological polar surface area (TPSA) is 201 Å². The Morgan fingerprint density at radius 1 is 0.765 bits per heavy atom. The minimum absolute atomic E-state index is 0.00202. The Hall–Kier alpha value is -6.98. The number of carbonyl (C=O) groups is 5. The van der Waals surface area contributed by atoms with Crippen molar-refractivity contribution in [2.75, 3.05) is 26.9 Å². The number of carboxylic acid groups (broad SMARTS) is 1. The van der Waals surface area contributed by atoms with E-state index in [4.69, 9.17) is 33.5 Å². The van der Waals surface area contributed by atoms with Crippen molar-refractivity contribution in [3.8, 4) is 28.5 Å². The van der Waals surface area contributed by atoms with Crippen molar-refractivity contribution in [1.29, 1.82) is 0 Å². The number of carbonyl (C=O) groups excluding carboxylic acids is 4. The number of rotatable bonds is 23. The normalized spacial score (nSPS) is 12.8. The van der Waals surface area contributed by atoms with Crippen LogP contribution in [0.15, 0.2) is 109 Å². The zero-order valence-corrected chi connectivity index (χ0v) is 40.9. The van der Waals surface area contributed by atoms with Crippen molar-refractivity contribution in [3.63, 3.8) is 0 Å². The fourth-order valence-corrected chi connectivity index (χ4v) is 7.45. The summed E-state index contributed by atoms with van der Waals surface area (Å²) in [7, 11) is 0.0260. The van der Waals surface area contributed by atoms with Crippen LogP contribution in [0.5, 0.6) is 17.2 Å². The molecule has 0 aliphatic heterocycles. The SMILES string of the molecule is COc1ccc2c(OCC[C@@H](C(=O)N[C@@H](COc3cccc(C[C@H](NC(=O)OCc4ccccc4)C(=O)OCC[Si](C)(C)C)c3)C(=O)O)N(OC(C)(C)C)C(C)=O)cc(-c3ccccc3)nc2c1. The molecule has 0 saturated carbocycles. The smallest absolute Gasteiger partial charge is 0.408 e. The van der Waals surface area contributed by atoms with Crippen LogP contribution in [0.1, 0.15) is 45.2 Å². The predicted octanol–water partition coefficient (Wildman–Crippen LogP) is 7.99. The molecule has 0 fully saturated rings. The Bertz CT molecular complexity index is 2500. The molecule has 0 aliphatic carbocycles. The Morgan fingerprint density at radius 2 is 1.46 bits per heavy atom. The van der Waals surface area contributed by atoms with Crippen LogP contribution in [0.25, 0.3) is 22.2 Å². The third kappa shape index (κ3) is 16.4. The summed E-state index contributed by atoms with van der Waals surface area (Å²) in [5.74, 6) is -2.17. The Morgan fingerprint density at radius 3 is 2.10 bits per heavy atom. The van der Waals surface area contributed by atoms with Crippen molar-refractivity contribution in [3.05, 3.63) is 120 Å². The van der Waals surface area contributed by atoms with Crippen molar-refractivity contribution in [1.82, 2.24) is 20.7 Å². The van der Waals surface area contributed by atoms with Crippen LogP contribution in [0.2, 0.25) is 25.7 Å². The number of hydrogen-bond acceptors (Lipinski definition) is 12. The van der Waals surface area contributed by atoms with Crippen LogP contribution in [0.4, 0.5) is 4.79 Å². The highest BCUT2D eigenvalue weighted by molar-refractivity contribution is 6.76. The molecule has 17 heteroatoms. The number of hydrogen-bond donors (Lipinski definition) is 3. The number of aliphatic carboxylic acids is 1. The van der Waals surface area contributed by atoms with Gasteiger partial charge < -0.3 is 39.4 Å². The molecule has 0 aliphatic rings. The summed E-state index contributed by atoms with van der Waals surface area (Å²) in [5.41, 5.74) is 2.50. The number of ether oxygens (including phenoxy) is 5. The maximum absolute atomic E-state index is 14.2. The van der Waals surface area contributed by atoms with E-state index in [1.165, 1.54) is 6.92 Å². The van der Waals surface area contributed by atoms with Gasteiger partial charge in [0.25, 0.3) is 0 Å². The van der Waals surface area contributed by atoms with Crippen LogP contribution < -0.4 is 24.8 Å². The molecule has 1 heterocycles. The summed E-state index contributed by atoms with van der Waals surface area (Å²) in [6.07, 6.45) is -0.913. The molecular weight excluding hydrogens is 889 g/mol. The largest absolute Gasteiger partial charge is 0.497 e. The van der Waals surface area contributed by atoms with Crippen LogP contribution in [-0.4, -0.2) is 104 Å². The summed E-state index contributed by atoms with van der Waals surface area (Å²) in [4.78, 5) is 77.0. The highest BCUT2D eigenvalue weighted by atomic mass is 28.3. The van der Waals surface area contributed by atoms with E-state index in [1.54, 1.807) is 70.3 Å². The molecule has 3 N–H and O–H groups in total. The van der Waals surface area contributed by atoms with Gasteiger partial charge in [0.15, 0.2) is 6.04 Å². The van der Waals surface area contributed by atoms with Gasteiger partial charge in [-0.25, -0.2) is 24.4 Å². The first kappa shape index (κ1) is 52.0. The van der Waals surface area contributed by atoms with Crippen molar-refractivity contribution in [2.24, 2.45) is 0 Å².